The van der Waals surface area contributed by atoms with Crippen LogP contribution in [-0.4, -0.2) is 35.2 Å². The van der Waals surface area contributed by atoms with Crippen molar-refractivity contribution in [1.29, 1.82) is 0 Å². The Balaban J connectivity index is 1.57. The van der Waals surface area contributed by atoms with Crippen LogP contribution in [0.1, 0.15) is 34.5 Å². The maximum Gasteiger partial charge on any atom is 0.269 e. The molecule has 1 aliphatic rings. The monoisotopic (exact) mass is 375 g/mol. The van der Waals surface area contributed by atoms with Gasteiger partial charge in [-0.2, -0.15) is 0 Å². The number of hydrogen-bond acceptors (Lipinski definition) is 3. The van der Waals surface area contributed by atoms with Gasteiger partial charge in [0.15, 0.2) is 0 Å². The number of rotatable bonds is 5. The smallest absolute Gasteiger partial charge is 0.269 e. The normalized spacial score (nSPS) is 15.9. The van der Waals surface area contributed by atoms with Gasteiger partial charge in [-0.05, 0) is 43.0 Å². The number of nitrogens with zero attached hydrogens (tertiary/aromatic N) is 2. The molecule has 0 bridgehead atoms. The highest BCUT2D eigenvalue weighted by molar-refractivity contribution is 5.93. The highest BCUT2D eigenvalue weighted by atomic mass is 16.5. The molecule has 1 aliphatic heterocycles. The van der Waals surface area contributed by atoms with Gasteiger partial charge in [0, 0.05) is 30.9 Å². The van der Waals surface area contributed by atoms with Gasteiger partial charge in [0.25, 0.3) is 5.91 Å². The summed E-state index contributed by atoms with van der Waals surface area (Å²) in [5, 5.41) is 3.18. The fourth-order valence-corrected chi connectivity index (χ4v) is 4.07. The Bertz CT molecular complexity index is 943. The van der Waals surface area contributed by atoms with Gasteiger partial charge < -0.3 is 10.1 Å². The lowest BCUT2D eigenvalue weighted by molar-refractivity contribution is 0.0484. The number of para-hydroxylation sites is 1. The Morgan fingerprint density at radius 2 is 1.82 bits per heavy atom. The van der Waals surface area contributed by atoms with E-state index in [1.165, 1.54) is 11.1 Å². The summed E-state index contributed by atoms with van der Waals surface area (Å²) >= 11 is 0. The van der Waals surface area contributed by atoms with E-state index in [0.29, 0.717) is 25.5 Å². The van der Waals surface area contributed by atoms with Crippen LogP contribution in [0, 0.1) is 6.92 Å². The third kappa shape index (κ3) is 3.58. The molecule has 0 saturated carbocycles. The maximum absolute atomic E-state index is 13.0. The van der Waals surface area contributed by atoms with Gasteiger partial charge in [0.2, 0.25) is 0 Å². The van der Waals surface area contributed by atoms with Crippen molar-refractivity contribution in [2.24, 2.45) is 0 Å². The molecule has 0 aliphatic carbocycles. The highest BCUT2D eigenvalue weighted by Gasteiger charge is 2.36. The lowest BCUT2D eigenvalue weighted by Gasteiger charge is -2.39. The zero-order valence-electron chi connectivity index (χ0n) is 16.1. The van der Waals surface area contributed by atoms with E-state index in [0.717, 1.165) is 18.5 Å². The quantitative estimate of drug-likeness (QED) is 0.740. The Hall–Kier alpha value is -2.92. The number of amides is 1. The number of ether oxygens (including phenoxy) is 1. The van der Waals surface area contributed by atoms with Gasteiger partial charge in [-0.3, -0.25) is 9.36 Å². The number of aromatic nitrogens is 2. The molecule has 1 amide bonds. The molecule has 1 N–H and O–H groups in total. The molecule has 1 aromatic heterocycles. The predicted molar refractivity (Wildman–Crippen MR) is 109 cm³/mol. The average molecular weight is 375 g/mol. The Morgan fingerprint density at radius 3 is 2.57 bits per heavy atom. The van der Waals surface area contributed by atoms with Crippen LogP contribution < -0.4 is 5.32 Å². The molecule has 0 unspecified atom stereocenters. The largest absolute Gasteiger partial charge is 0.381 e. The van der Waals surface area contributed by atoms with Gasteiger partial charge in [-0.15, -0.1) is 0 Å². The van der Waals surface area contributed by atoms with E-state index in [2.05, 4.69) is 41.5 Å². The first-order valence-corrected chi connectivity index (χ1v) is 9.69. The third-order valence-corrected chi connectivity index (χ3v) is 5.66. The lowest BCUT2D eigenvalue weighted by Crippen LogP contribution is -2.45. The molecule has 2 aromatic carbocycles. The minimum atomic E-state index is -0.110. The van der Waals surface area contributed by atoms with Crippen LogP contribution in [0.2, 0.25) is 0 Å². The van der Waals surface area contributed by atoms with Crippen LogP contribution in [0.15, 0.2) is 67.1 Å². The van der Waals surface area contributed by atoms with Gasteiger partial charge in [-0.25, -0.2) is 4.98 Å². The van der Waals surface area contributed by atoms with E-state index in [4.69, 9.17) is 4.74 Å². The molecule has 3 aromatic rings. The van der Waals surface area contributed by atoms with E-state index < -0.39 is 0 Å². The molecule has 0 atom stereocenters. The molecule has 5 nitrogen and oxygen atoms in total. The topological polar surface area (TPSA) is 56.2 Å². The fraction of sp³-hybridized carbons (Fsp3) is 0.304. The first-order chi connectivity index (χ1) is 13.7. The lowest BCUT2D eigenvalue weighted by atomic mass is 9.72. The summed E-state index contributed by atoms with van der Waals surface area (Å²) in [5.41, 5.74) is 3.92. The number of aryl methyl sites for hydroxylation is 1. The van der Waals surface area contributed by atoms with Crippen LogP contribution in [0.4, 0.5) is 0 Å². The van der Waals surface area contributed by atoms with Crippen molar-refractivity contribution < 1.29 is 9.53 Å². The van der Waals surface area contributed by atoms with E-state index in [9.17, 15) is 4.79 Å². The highest BCUT2D eigenvalue weighted by Crippen LogP contribution is 2.36. The van der Waals surface area contributed by atoms with Crippen molar-refractivity contribution in [2.75, 3.05) is 19.8 Å². The summed E-state index contributed by atoms with van der Waals surface area (Å²) in [7, 11) is 0. The number of benzene rings is 2. The summed E-state index contributed by atoms with van der Waals surface area (Å²) in [6.07, 6.45) is 5.09. The first-order valence-electron chi connectivity index (χ1n) is 9.69. The van der Waals surface area contributed by atoms with Crippen molar-refractivity contribution >= 4 is 5.91 Å². The molecule has 0 radical (unpaired) electrons. The van der Waals surface area contributed by atoms with E-state index in [1.807, 2.05) is 34.9 Å². The average Bonchev–Trinajstić information content (AvgIpc) is 3.24. The molecule has 1 fully saturated rings. The summed E-state index contributed by atoms with van der Waals surface area (Å²) < 4.78 is 7.43. The fourth-order valence-electron chi connectivity index (χ4n) is 4.07. The van der Waals surface area contributed by atoms with Gasteiger partial charge >= 0.3 is 0 Å². The van der Waals surface area contributed by atoms with Crippen molar-refractivity contribution in [3.8, 4) is 5.69 Å². The third-order valence-electron chi connectivity index (χ3n) is 5.66. The molecule has 1 saturated heterocycles. The van der Waals surface area contributed by atoms with Gasteiger partial charge in [0.05, 0.1) is 12.5 Å². The summed E-state index contributed by atoms with van der Waals surface area (Å²) in [5.74, 6) is -0.110. The van der Waals surface area contributed by atoms with Gasteiger partial charge in [-0.1, -0.05) is 42.5 Å². The van der Waals surface area contributed by atoms with Crippen molar-refractivity contribution in [3.63, 3.8) is 0 Å². The molecule has 144 valence electrons. The maximum atomic E-state index is 13.0. The van der Waals surface area contributed by atoms with Crippen molar-refractivity contribution in [3.05, 3.63) is 83.9 Å². The number of carbonyl (C=O) groups excluding carboxylic acids is 1. The van der Waals surface area contributed by atoms with E-state index in [-0.39, 0.29) is 11.3 Å². The zero-order valence-corrected chi connectivity index (χ0v) is 16.1. The molecule has 0 spiro atoms. The first kappa shape index (κ1) is 18.4. The predicted octanol–water partition coefficient (Wildman–Crippen LogP) is 3.66. The second-order valence-corrected chi connectivity index (χ2v) is 7.37. The molecule has 2 heterocycles. The number of nitrogens with one attached hydrogen (secondary N) is 1. The van der Waals surface area contributed by atoms with Crippen LogP contribution >= 0.6 is 0 Å². The van der Waals surface area contributed by atoms with Crippen LogP contribution in [0.3, 0.4) is 0 Å². The summed E-state index contributed by atoms with van der Waals surface area (Å²) in [4.78, 5) is 17.2. The number of imidazole rings is 1. The Kier molecular flexibility index (Phi) is 5.26. The molecular formula is C23H25N3O2. The van der Waals surface area contributed by atoms with Crippen molar-refractivity contribution in [1.82, 2.24) is 14.9 Å². The second-order valence-electron chi connectivity index (χ2n) is 7.37. The summed E-state index contributed by atoms with van der Waals surface area (Å²) in [6, 6.07) is 18.2. The Morgan fingerprint density at radius 1 is 1.11 bits per heavy atom. The summed E-state index contributed by atoms with van der Waals surface area (Å²) in [6.45, 7) is 4.15. The molecule has 28 heavy (non-hydrogen) atoms. The second kappa shape index (κ2) is 7.98. The minimum Gasteiger partial charge on any atom is -0.381 e. The number of carbonyl (C=O) groups is 1. The SMILES string of the molecule is Cc1ccccc1C1(CNC(=O)c2cncn2-c2ccccc2)CCOCC1. The van der Waals surface area contributed by atoms with Crippen molar-refractivity contribution in [2.45, 2.75) is 25.2 Å². The molecule has 5 heteroatoms. The standard InChI is InChI=1S/C23H25N3O2/c1-18-7-5-6-10-20(18)23(11-13-28-14-12-23)16-25-22(27)21-15-24-17-26(21)19-8-3-2-4-9-19/h2-10,15,17H,11-14,16H2,1H3,(H,25,27). The minimum absolute atomic E-state index is 0.100. The Labute approximate surface area is 165 Å². The van der Waals surface area contributed by atoms with Crippen LogP contribution in [0.5, 0.6) is 0 Å². The zero-order chi connectivity index (χ0) is 19.4. The molecular weight excluding hydrogens is 350 g/mol. The number of hydrogen-bond donors (Lipinski definition) is 1. The van der Waals surface area contributed by atoms with E-state index in [1.54, 1.807) is 12.5 Å². The van der Waals surface area contributed by atoms with Gasteiger partial charge in [0.1, 0.15) is 5.69 Å². The molecule has 4 rings (SSSR count). The van der Waals surface area contributed by atoms with Crippen LogP contribution in [0.25, 0.3) is 5.69 Å². The van der Waals surface area contributed by atoms with E-state index >= 15 is 0 Å². The van der Waals surface area contributed by atoms with Crippen LogP contribution in [-0.2, 0) is 10.2 Å².